The molecule has 0 aromatic heterocycles. The molecular weight excluding hydrogens is 262 g/mol. The summed E-state index contributed by atoms with van der Waals surface area (Å²) >= 11 is 0. The molecule has 0 aliphatic carbocycles. The molecule has 1 amide bonds. The fraction of sp³-hybridized carbons (Fsp3) is 0.588. The highest BCUT2D eigenvalue weighted by Gasteiger charge is 2.37. The van der Waals surface area contributed by atoms with Crippen LogP contribution in [0.15, 0.2) is 30.3 Å². The van der Waals surface area contributed by atoms with E-state index in [0.717, 1.165) is 39.3 Å². The van der Waals surface area contributed by atoms with Crippen molar-refractivity contribution in [3.8, 4) is 0 Å². The minimum atomic E-state index is -0.470. The first-order chi connectivity index (χ1) is 10.1. The van der Waals surface area contributed by atoms with E-state index in [-0.39, 0.29) is 5.91 Å². The van der Waals surface area contributed by atoms with Crippen molar-refractivity contribution in [2.24, 2.45) is 0 Å². The van der Waals surface area contributed by atoms with E-state index in [1.54, 1.807) is 0 Å². The van der Waals surface area contributed by atoms with Crippen LogP contribution < -0.4 is 5.32 Å². The highest BCUT2D eigenvalue weighted by Crippen LogP contribution is 2.21. The quantitative estimate of drug-likeness (QED) is 0.896. The van der Waals surface area contributed by atoms with Crippen LogP contribution in [0, 0.1) is 0 Å². The molecular formula is C17H27N3O. The molecule has 1 N–H and O–H groups in total. The number of hydrogen-bond donors (Lipinski definition) is 1. The van der Waals surface area contributed by atoms with Crippen LogP contribution in [0.1, 0.15) is 26.3 Å². The first-order valence-electron chi connectivity index (χ1n) is 7.84. The van der Waals surface area contributed by atoms with E-state index >= 15 is 0 Å². The summed E-state index contributed by atoms with van der Waals surface area (Å²) in [6.07, 6.45) is 0. The summed E-state index contributed by atoms with van der Waals surface area (Å²) in [6, 6.07) is 10.4. The van der Waals surface area contributed by atoms with Gasteiger partial charge in [0.15, 0.2) is 0 Å². The highest BCUT2D eigenvalue weighted by molar-refractivity contribution is 5.85. The van der Waals surface area contributed by atoms with E-state index in [1.807, 2.05) is 36.9 Å². The van der Waals surface area contributed by atoms with Crippen LogP contribution in [0.25, 0.3) is 0 Å². The van der Waals surface area contributed by atoms with E-state index in [1.165, 1.54) is 5.56 Å². The lowest BCUT2D eigenvalue weighted by Crippen LogP contribution is -2.59. The predicted molar refractivity (Wildman–Crippen MR) is 86.1 cm³/mol. The van der Waals surface area contributed by atoms with Gasteiger partial charge in [0.2, 0.25) is 5.91 Å². The summed E-state index contributed by atoms with van der Waals surface area (Å²) in [6.45, 7) is 11.3. The van der Waals surface area contributed by atoms with Crippen molar-refractivity contribution in [1.29, 1.82) is 0 Å². The molecule has 116 valence electrons. The Morgan fingerprint density at radius 1 is 1.24 bits per heavy atom. The number of carbonyl (C=O) groups excluding carboxylic acids is 1. The van der Waals surface area contributed by atoms with Gasteiger partial charge in [0, 0.05) is 32.7 Å². The van der Waals surface area contributed by atoms with E-state index in [4.69, 9.17) is 0 Å². The number of benzene rings is 1. The van der Waals surface area contributed by atoms with Crippen molar-refractivity contribution in [3.05, 3.63) is 35.9 Å². The zero-order valence-electron chi connectivity index (χ0n) is 13.4. The minimum Gasteiger partial charge on any atom is -0.339 e. The average Bonchev–Trinajstić information content (AvgIpc) is 2.53. The molecule has 1 saturated heterocycles. The van der Waals surface area contributed by atoms with Crippen LogP contribution in [-0.4, -0.2) is 54.0 Å². The standard InChI is InChI=1S/C17H27N3O/c1-4-20(14-15-8-6-5-7-9-15)17(2,3)16(21)19-12-10-18-11-13-19/h5-9,18H,4,10-14H2,1-3H3. The first-order valence-corrected chi connectivity index (χ1v) is 7.84. The van der Waals surface area contributed by atoms with Crippen molar-refractivity contribution in [2.75, 3.05) is 32.7 Å². The molecule has 1 aromatic carbocycles. The summed E-state index contributed by atoms with van der Waals surface area (Å²) < 4.78 is 0. The van der Waals surface area contributed by atoms with Gasteiger partial charge in [-0.05, 0) is 26.0 Å². The monoisotopic (exact) mass is 289 g/mol. The van der Waals surface area contributed by atoms with Gasteiger partial charge in [-0.15, -0.1) is 0 Å². The molecule has 0 atom stereocenters. The van der Waals surface area contributed by atoms with Crippen molar-refractivity contribution in [3.63, 3.8) is 0 Å². The number of carbonyl (C=O) groups is 1. The Hall–Kier alpha value is -1.39. The number of likely N-dealkylation sites (N-methyl/N-ethyl adjacent to an activating group) is 1. The Labute approximate surface area is 128 Å². The number of rotatable bonds is 5. The molecule has 1 aromatic rings. The van der Waals surface area contributed by atoms with E-state index in [2.05, 4.69) is 29.3 Å². The van der Waals surface area contributed by atoms with Crippen LogP contribution in [0.5, 0.6) is 0 Å². The Kier molecular flexibility index (Phi) is 5.37. The molecule has 4 heteroatoms. The number of nitrogens with zero attached hydrogens (tertiary/aromatic N) is 2. The number of amides is 1. The Bertz CT molecular complexity index is 452. The number of piperazine rings is 1. The number of nitrogens with one attached hydrogen (secondary N) is 1. The predicted octanol–water partition coefficient (Wildman–Crippen LogP) is 1.72. The molecule has 0 spiro atoms. The zero-order chi connectivity index (χ0) is 15.3. The van der Waals surface area contributed by atoms with E-state index < -0.39 is 5.54 Å². The molecule has 0 saturated carbocycles. The van der Waals surface area contributed by atoms with Crippen LogP contribution in [0.3, 0.4) is 0 Å². The van der Waals surface area contributed by atoms with Gasteiger partial charge >= 0.3 is 0 Å². The van der Waals surface area contributed by atoms with Gasteiger partial charge < -0.3 is 10.2 Å². The van der Waals surface area contributed by atoms with Gasteiger partial charge in [0.05, 0.1) is 5.54 Å². The molecule has 1 heterocycles. The lowest BCUT2D eigenvalue weighted by Gasteiger charge is -2.41. The molecule has 2 rings (SSSR count). The second-order valence-electron chi connectivity index (χ2n) is 6.10. The lowest BCUT2D eigenvalue weighted by atomic mass is 9.98. The Morgan fingerprint density at radius 3 is 2.43 bits per heavy atom. The van der Waals surface area contributed by atoms with Gasteiger partial charge in [-0.1, -0.05) is 37.3 Å². The smallest absolute Gasteiger partial charge is 0.242 e. The molecule has 21 heavy (non-hydrogen) atoms. The molecule has 0 unspecified atom stereocenters. The zero-order valence-corrected chi connectivity index (χ0v) is 13.4. The summed E-state index contributed by atoms with van der Waals surface area (Å²) in [5, 5.41) is 3.30. The third kappa shape index (κ3) is 3.83. The molecule has 1 aliphatic rings. The van der Waals surface area contributed by atoms with Gasteiger partial charge in [-0.2, -0.15) is 0 Å². The second-order valence-corrected chi connectivity index (χ2v) is 6.10. The van der Waals surface area contributed by atoms with Crippen LogP contribution in [0.4, 0.5) is 0 Å². The van der Waals surface area contributed by atoms with Gasteiger partial charge in [0.1, 0.15) is 0 Å². The maximum absolute atomic E-state index is 12.9. The maximum atomic E-state index is 12.9. The SMILES string of the molecule is CCN(Cc1ccccc1)C(C)(C)C(=O)N1CCNCC1. The highest BCUT2D eigenvalue weighted by atomic mass is 16.2. The average molecular weight is 289 g/mol. The Morgan fingerprint density at radius 2 is 1.86 bits per heavy atom. The Balaban J connectivity index is 2.08. The molecule has 0 radical (unpaired) electrons. The van der Waals surface area contributed by atoms with Crippen molar-refractivity contribution in [1.82, 2.24) is 15.1 Å². The summed E-state index contributed by atoms with van der Waals surface area (Å²) in [4.78, 5) is 17.1. The van der Waals surface area contributed by atoms with Crippen molar-refractivity contribution in [2.45, 2.75) is 32.9 Å². The van der Waals surface area contributed by atoms with E-state index in [9.17, 15) is 4.79 Å². The molecule has 1 fully saturated rings. The first kappa shape index (κ1) is 16.0. The van der Waals surface area contributed by atoms with Crippen molar-refractivity contribution < 1.29 is 4.79 Å². The van der Waals surface area contributed by atoms with E-state index in [0.29, 0.717) is 0 Å². The third-order valence-electron chi connectivity index (χ3n) is 4.32. The molecule has 1 aliphatic heterocycles. The molecule has 0 bridgehead atoms. The minimum absolute atomic E-state index is 0.238. The molecule has 4 nitrogen and oxygen atoms in total. The van der Waals surface area contributed by atoms with Crippen LogP contribution >= 0.6 is 0 Å². The van der Waals surface area contributed by atoms with Crippen molar-refractivity contribution >= 4 is 5.91 Å². The van der Waals surface area contributed by atoms with Crippen LogP contribution in [-0.2, 0) is 11.3 Å². The fourth-order valence-corrected chi connectivity index (χ4v) is 2.90. The lowest BCUT2D eigenvalue weighted by molar-refractivity contribution is -0.143. The second kappa shape index (κ2) is 7.05. The van der Waals surface area contributed by atoms with Crippen LogP contribution in [0.2, 0.25) is 0 Å². The third-order valence-corrected chi connectivity index (χ3v) is 4.32. The van der Waals surface area contributed by atoms with Gasteiger partial charge in [-0.3, -0.25) is 9.69 Å². The normalized spacial score (nSPS) is 16.3. The summed E-state index contributed by atoms with van der Waals surface area (Å²) in [7, 11) is 0. The largest absolute Gasteiger partial charge is 0.339 e. The fourth-order valence-electron chi connectivity index (χ4n) is 2.90. The maximum Gasteiger partial charge on any atom is 0.242 e. The summed E-state index contributed by atoms with van der Waals surface area (Å²) in [5.41, 5.74) is 0.780. The summed E-state index contributed by atoms with van der Waals surface area (Å²) in [5.74, 6) is 0.238. The number of hydrogen-bond acceptors (Lipinski definition) is 3. The van der Waals surface area contributed by atoms with Gasteiger partial charge in [0.25, 0.3) is 0 Å². The topological polar surface area (TPSA) is 35.6 Å². The van der Waals surface area contributed by atoms with Gasteiger partial charge in [-0.25, -0.2) is 0 Å².